The molecule has 0 bridgehead atoms. The summed E-state index contributed by atoms with van der Waals surface area (Å²) in [6.45, 7) is 2.05. The van der Waals surface area contributed by atoms with E-state index in [4.69, 9.17) is 5.84 Å². The summed E-state index contributed by atoms with van der Waals surface area (Å²) in [6, 6.07) is -0.620. The molecule has 0 aliphatic heterocycles. The molecule has 0 radical (unpaired) electrons. The van der Waals surface area contributed by atoms with E-state index >= 15 is 0 Å². The van der Waals surface area contributed by atoms with Gasteiger partial charge in [0.15, 0.2) is 0 Å². The number of hydrogen-bond donors (Lipinski definition) is 2. The van der Waals surface area contributed by atoms with Gasteiger partial charge in [-0.15, -0.1) is 0 Å². The van der Waals surface area contributed by atoms with Gasteiger partial charge in [0.05, 0.1) is 6.42 Å². The quantitative estimate of drug-likeness (QED) is 0.583. The summed E-state index contributed by atoms with van der Waals surface area (Å²) in [5, 5.41) is 0. The fraction of sp³-hybridized carbons (Fsp3) is 1.00. The molecule has 1 fully saturated rings. The van der Waals surface area contributed by atoms with Gasteiger partial charge in [0, 0.05) is 6.04 Å². The van der Waals surface area contributed by atoms with Crippen molar-refractivity contribution in [3.05, 3.63) is 0 Å². The van der Waals surface area contributed by atoms with E-state index in [1.807, 2.05) is 6.92 Å². The highest BCUT2D eigenvalue weighted by Crippen LogP contribution is 2.37. The lowest BCUT2D eigenvalue weighted by Gasteiger charge is -2.36. The monoisotopic (exact) mass is 238 g/mol. The van der Waals surface area contributed by atoms with Gasteiger partial charge >= 0.3 is 6.18 Å². The minimum Gasteiger partial charge on any atom is -0.271 e. The van der Waals surface area contributed by atoms with Crippen molar-refractivity contribution >= 4 is 0 Å². The van der Waals surface area contributed by atoms with E-state index in [2.05, 4.69) is 5.43 Å². The van der Waals surface area contributed by atoms with Crippen LogP contribution in [0.3, 0.4) is 0 Å². The predicted octanol–water partition coefficient (Wildman–Crippen LogP) is 2.99. The van der Waals surface area contributed by atoms with Crippen molar-refractivity contribution in [3.8, 4) is 0 Å². The van der Waals surface area contributed by atoms with Crippen molar-refractivity contribution < 1.29 is 13.2 Å². The highest BCUT2D eigenvalue weighted by molar-refractivity contribution is 4.85. The molecule has 0 heterocycles. The van der Waals surface area contributed by atoms with Gasteiger partial charge in [-0.2, -0.15) is 13.2 Å². The van der Waals surface area contributed by atoms with Crippen molar-refractivity contribution in [1.29, 1.82) is 0 Å². The molecule has 3 unspecified atom stereocenters. The molecule has 1 aliphatic carbocycles. The molecule has 2 nitrogen and oxygen atoms in total. The first-order valence-corrected chi connectivity index (χ1v) is 6.00. The smallest absolute Gasteiger partial charge is 0.271 e. The molecule has 0 aromatic rings. The van der Waals surface area contributed by atoms with E-state index in [9.17, 15) is 13.2 Å². The van der Waals surface area contributed by atoms with E-state index in [0.29, 0.717) is 5.92 Å². The molecule has 0 aromatic heterocycles. The van der Waals surface area contributed by atoms with Crippen LogP contribution in [0.2, 0.25) is 0 Å². The fourth-order valence-electron chi connectivity index (χ4n) is 2.86. The molecule has 1 aliphatic rings. The second-order valence-corrected chi connectivity index (χ2v) is 4.71. The normalized spacial score (nSPS) is 29.1. The zero-order valence-corrected chi connectivity index (χ0v) is 9.69. The van der Waals surface area contributed by atoms with Crippen LogP contribution in [0.25, 0.3) is 0 Å². The molecular weight excluding hydrogens is 217 g/mol. The van der Waals surface area contributed by atoms with E-state index in [1.54, 1.807) is 0 Å². The van der Waals surface area contributed by atoms with Gasteiger partial charge in [-0.05, 0) is 18.3 Å². The van der Waals surface area contributed by atoms with E-state index in [0.717, 1.165) is 32.1 Å². The Hall–Kier alpha value is -0.290. The highest BCUT2D eigenvalue weighted by Gasteiger charge is 2.38. The Morgan fingerprint density at radius 3 is 2.44 bits per heavy atom. The van der Waals surface area contributed by atoms with Crippen molar-refractivity contribution in [2.24, 2.45) is 17.7 Å². The third kappa shape index (κ3) is 3.94. The third-order valence-corrected chi connectivity index (χ3v) is 3.67. The lowest BCUT2D eigenvalue weighted by atomic mass is 9.73. The first-order chi connectivity index (χ1) is 7.48. The standard InChI is InChI=1S/C11H21F3N2/c1-2-8-5-3-4-6-9(8)10(16-15)7-11(12,13)14/h8-10,16H,2-7,15H2,1H3. The average Bonchev–Trinajstić information content (AvgIpc) is 2.24. The number of nitrogens with one attached hydrogen (secondary N) is 1. The zero-order valence-electron chi connectivity index (χ0n) is 9.69. The first kappa shape index (κ1) is 13.8. The Kier molecular flexibility index (Phi) is 5.05. The van der Waals surface area contributed by atoms with Gasteiger partial charge in [-0.3, -0.25) is 11.3 Å². The Labute approximate surface area is 94.7 Å². The summed E-state index contributed by atoms with van der Waals surface area (Å²) < 4.78 is 37.1. The lowest BCUT2D eigenvalue weighted by Crippen LogP contribution is -2.47. The van der Waals surface area contributed by atoms with Gasteiger partial charge in [0.2, 0.25) is 0 Å². The Bertz CT molecular complexity index is 206. The van der Waals surface area contributed by atoms with Crippen LogP contribution in [0.5, 0.6) is 0 Å². The Balaban J connectivity index is 2.62. The van der Waals surface area contributed by atoms with Crippen LogP contribution in [0.4, 0.5) is 13.2 Å². The lowest BCUT2D eigenvalue weighted by molar-refractivity contribution is -0.145. The van der Waals surface area contributed by atoms with Crippen LogP contribution in [-0.2, 0) is 0 Å². The largest absolute Gasteiger partial charge is 0.390 e. The van der Waals surface area contributed by atoms with Crippen LogP contribution < -0.4 is 11.3 Å². The molecule has 5 heteroatoms. The fourth-order valence-corrected chi connectivity index (χ4v) is 2.86. The molecule has 3 N–H and O–H groups in total. The first-order valence-electron chi connectivity index (χ1n) is 6.00. The van der Waals surface area contributed by atoms with Crippen molar-refractivity contribution in [2.75, 3.05) is 0 Å². The number of hydrazine groups is 1. The van der Waals surface area contributed by atoms with Gasteiger partial charge in [0.1, 0.15) is 0 Å². The molecule has 0 aromatic carbocycles. The van der Waals surface area contributed by atoms with E-state index < -0.39 is 18.6 Å². The minimum absolute atomic E-state index is 0.0744. The van der Waals surface area contributed by atoms with Gasteiger partial charge in [0.25, 0.3) is 0 Å². The van der Waals surface area contributed by atoms with Crippen LogP contribution in [0.15, 0.2) is 0 Å². The molecule has 0 spiro atoms. The zero-order chi connectivity index (χ0) is 12.2. The maximum atomic E-state index is 12.4. The molecule has 1 rings (SSSR count). The Morgan fingerprint density at radius 2 is 1.94 bits per heavy atom. The van der Waals surface area contributed by atoms with Crippen LogP contribution in [0, 0.1) is 11.8 Å². The summed E-state index contributed by atoms with van der Waals surface area (Å²) in [4.78, 5) is 0. The summed E-state index contributed by atoms with van der Waals surface area (Å²) in [5.74, 6) is 5.74. The molecule has 16 heavy (non-hydrogen) atoms. The van der Waals surface area contributed by atoms with Crippen LogP contribution >= 0.6 is 0 Å². The van der Waals surface area contributed by atoms with Gasteiger partial charge in [-0.25, -0.2) is 0 Å². The number of alkyl halides is 3. The third-order valence-electron chi connectivity index (χ3n) is 3.67. The summed E-state index contributed by atoms with van der Waals surface area (Å²) in [5.41, 5.74) is 2.37. The van der Waals surface area contributed by atoms with Crippen LogP contribution in [0.1, 0.15) is 45.4 Å². The summed E-state index contributed by atoms with van der Waals surface area (Å²) in [7, 11) is 0. The summed E-state index contributed by atoms with van der Waals surface area (Å²) >= 11 is 0. The van der Waals surface area contributed by atoms with Gasteiger partial charge < -0.3 is 0 Å². The number of halogens is 3. The molecule has 1 saturated carbocycles. The average molecular weight is 238 g/mol. The number of rotatable bonds is 4. The maximum Gasteiger partial charge on any atom is 0.390 e. The predicted molar refractivity (Wildman–Crippen MR) is 57.5 cm³/mol. The molecular formula is C11H21F3N2. The van der Waals surface area contributed by atoms with Gasteiger partial charge in [-0.1, -0.05) is 32.6 Å². The topological polar surface area (TPSA) is 38.0 Å². The maximum absolute atomic E-state index is 12.4. The second kappa shape index (κ2) is 5.87. The number of nitrogens with two attached hydrogens (primary N) is 1. The highest BCUT2D eigenvalue weighted by atomic mass is 19.4. The second-order valence-electron chi connectivity index (χ2n) is 4.71. The molecule has 3 atom stereocenters. The summed E-state index contributed by atoms with van der Waals surface area (Å²) in [6.07, 6.45) is 0.0638. The molecule has 96 valence electrons. The van der Waals surface area contributed by atoms with E-state index in [-0.39, 0.29) is 5.92 Å². The molecule has 0 saturated heterocycles. The van der Waals surface area contributed by atoms with E-state index in [1.165, 1.54) is 0 Å². The Morgan fingerprint density at radius 1 is 1.31 bits per heavy atom. The van der Waals surface area contributed by atoms with Crippen molar-refractivity contribution in [2.45, 2.75) is 57.7 Å². The number of hydrogen-bond acceptors (Lipinski definition) is 2. The van der Waals surface area contributed by atoms with Crippen LogP contribution in [-0.4, -0.2) is 12.2 Å². The minimum atomic E-state index is -4.13. The van der Waals surface area contributed by atoms with Crippen molar-refractivity contribution in [3.63, 3.8) is 0 Å². The van der Waals surface area contributed by atoms with Crippen molar-refractivity contribution in [1.82, 2.24) is 5.43 Å². The SMILES string of the molecule is CCC1CCCCC1C(CC(F)(F)F)NN. The molecule has 0 amide bonds.